The van der Waals surface area contributed by atoms with Crippen LogP contribution in [0, 0.1) is 0 Å². The maximum atomic E-state index is 10.6. The minimum atomic E-state index is 0.124. The summed E-state index contributed by atoms with van der Waals surface area (Å²) in [5, 5.41) is 2.79. The van der Waals surface area contributed by atoms with Crippen molar-refractivity contribution in [2.75, 3.05) is 7.11 Å². The van der Waals surface area contributed by atoms with E-state index in [1.165, 1.54) is 0 Å². The first kappa shape index (κ1) is 9.77. The zero-order chi connectivity index (χ0) is 10.7. The Balaban J connectivity index is 1.95. The van der Waals surface area contributed by atoms with E-state index in [0.717, 1.165) is 11.3 Å². The number of hydrogen-bond acceptors (Lipinski definition) is 2. The molecule has 0 saturated carbocycles. The van der Waals surface area contributed by atoms with E-state index >= 15 is 0 Å². The van der Waals surface area contributed by atoms with Crippen LogP contribution in [0.3, 0.4) is 0 Å². The van der Waals surface area contributed by atoms with E-state index in [4.69, 9.17) is 4.74 Å². The molecule has 0 spiro atoms. The van der Waals surface area contributed by atoms with E-state index in [0.29, 0.717) is 6.42 Å². The van der Waals surface area contributed by atoms with Gasteiger partial charge < -0.3 is 10.1 Å². The van der Waals surface area contributed by atoms with Gasteiger partial charge in [-0.3, -0.25) is 4.79 Å². The molecule has 1 aliphatic rings. The average molecular weight is 203 g/mol. The predicted octanol–water partition coefficient (Wildman–Crippen LogP) is 1.60. The maximum Gasteiger partial charge on any atom is 0.222 e. The van der Waals surface area contributed by atoms with Crippen molar-refractivity contribution < 1.29 is 9.53 Å². The first-order valence-electron chi connectivity index (χ1n) is 4.89. The molecule has 1 amide bonds. The molecule has 1 N–H and O–H groups in total. The molecular weight excluding hydrogens is 190 g/mol. The second-order valence-electron chi connectivity index (χ2n) is 3.51. The third-order valence-electron chi connectivity index (χ3n) is 2.39. The highest BCUT2D eigenvalue weighted by Crippen LogP contribution is 2.14. The zero-order valence-electron chi connectivity index (χ0n) is 8.57. The zero-order valence-corrected chi connectivity index (χ0v) is 8.57. The minimum absolute atomic E-state index is 0.124. The highest BCUT2D eigenvalue weighted by molar-refractivity contribution is 5.84. The Morgan fingerprint density at radius 2 is 2.07 bits per heavy atom. The summed E-state index contributed by atoms with van der Waals surface area (Å²) in [6, 6.07) is 8.00. The Labute approximate surface area is 88.8 Å². The first-order valence-corrected chi connectivity index (χ1v) is 4.89. The summed E-state index contributed by atoms with van der Waals surface area (Å²) in [5.74, 6) is 0.975. The van der Waals surface area contributed by atoms with Gasteiger partial charge in [-0.15, -0.1) is 0 Å². The largest absolute Gasteiger partial charge is 0.497 e. The molecule has 1 fully saturated rings. The second-order valence-corrected chi connectivity index (χ2v) is 3.51. The van der Waals surface area contributed by atoms with E-state index in [1.807, 2.05) is 36.4 Å². The van der Waals surface area contributed by atoms with Crippen molar-refractivity contribution in [3.63, 3.8) is 0 Å². The number of carbonyl (C=O) groups is 1. The van der Waals surface area contributed by atoms with Gasteiger partial charge in [0, 0.05) is 0 Å². The predicted molar refractivity (Wildman–Crippen MR) is 58.6 cm³/mol. The molecule has 0 radical (unpaired) electrons. The number of methoxy groups -OCH3 is 1. The molecular formula is C12H13NO2. The summed E-state index contributed by atoms with van der Waals surface area (Å²) in [7, 11) is 1.65. The van der Waals surface area contributed by atoms with E-state index < -0.39 is 0 Å². The van der Waals surface area contributed by atoms with Crippen LogP contribution in [0.5, 0.6) is 5.75 Å². The monoisotopic (exact) mass is 203 g/mol. The Hall–Kier alpha value is -1.77. The number of carbonyl (C=O) groups excluding carboxylic acids is 1. The Morgan fingerprint density at radius 3 is 2.60 bits per heavy atom. The van der Waals surface area contributed by atoms with Crippen LogP contribution in [0.1, 0.15) is 12.0 Å². The fraction of sp³-hybridized carbons (Fsp3) is 0.250. The molecule has 78 valence electrons. The van der Waals surface area contributed by atoms with Crippen molar-refractivity contribution in [1.82, 2.24) is 5.32 Å². The molecule has 3 nitrogen and oxygen atoms in total. The highest BCUT2D eigenvalue weighted by atomic mass is 16.5. The van der Waals surface area contributed by atoms with Crippen LogP contribution in [-0.4, -0.2) is 19.1 Å². The number of nitrogens with one attached hydrogen (secondary N) is 1. The molecule has 1 atom stereocenters. The van der Waals surface area contributed by atoms with Gasteiger partial charge >= 0.3 is 0 Å². The van der Waals surface area contributed by atoms with E-state index in [2.05, 4.69) is 5.32 Å². The van der Waals surface area contributed by atoms with Crippen LogP contribution >= 0.6 is 0 Å². The van der Waals surface area contributed by atoms with Gasteiger partial charge in [0.15, 0.2) is 0 Å². The summed E-state index contributed by atoms with van der Waals surface area (Å²) >= 11 is 0. The van der Waals surface area contributed by atoms with E-state index in [-0.39, 0.29) is 11.9 Å². The number of benzene rings is 1. The van der Waals surface area contributed by atoms with Gasteiger partial charge in [0.1, 0.15) is 5.75 Å². The molecule has 1 heterocycles. The van der Waals surface area contributed by atoms with Crippen molar-refractivity contribution >= 4 is 12.0 Å². The van der Waals surface area contributed by atoms with Crippen molar-refractivity contribution in [3.05, 3.63) is 35.9 Å². The molecule has 0 aromatic heterocycles. The second kappa shape index (κ2) is 4.17. The smallest absolute Gasteiger partial charge is 0.222 e. The number of ether oxygens (including phenoxy) is 1. The van der Waals surface area contributed by atoms with E-state index in [9.17, 15) is 4.79 Å². The van der Waals surface area contributed by atoms with Crippen molar-refractivity contribution in [3.8, 4) is 5.75 Å². The molecule has 3 heteroatoms. The van der Waals surface area contributed by atoms with Crippen LogP contribution in [0.2, 0.25) is 0 Å². The van der Waals surface area contributed by atoms with Crippen molar-refractivity contribution in [2.24, 2.45) is 0 Å². The summed E-state index contributed by atoms with van der Waals surface area (Å²) in [5.41, 5.74) is 1.11. The minimum Gasteiger partial charge on any atom is -0.497 e. The molecule has 1 unspecified atom stereocenters. The lowest BCUT2D eigenvalue weighted by atomic mass is 10.0. The summed E-state index contributed by atoms with van der Waals surface area (Å²) in [6.45, 7) is 0. The third-order valence-corrected chi connectivity index (χ3v) is 2.39. The SMILES string of the molecule is COc1ccc(C=CC2CC(=O)N2)cc1. The van der Waals surface area contributed by atoms with Gasteiger partial charge in [-0.2, -0.15) is 0 Å². The van der Waals surface area contributed by atoms with Crippen molar-refractivity contribution in [2.45, 2.75) is 12.5 Å². The van der Waals surface area contributed by atoms with Crippen molar-refractivity contribution in [1.29, 1.82) is 0 Å². The lowest BCUT2D eigenvalue weighted by Crippen LogP contribution is -2.46. The van der Waals surface area contributed by atoms with Crippen LogP contribution in [-0.2, 0) is 4.79 Å². The molecule has 1 aliphatic heterocycles. The summed E-state index contributed by atoms with van der Waals surface area (Å²) in [4.78, 5) is 10.6. The summed E-state index contributed by atoms with van der Waals surface area (Å²) in [6.07, 6.45) is 4.61. The van der Waals surface area contributed by atoms with E-state index in [1.54, 1.807) is 7.11 Å². The fourth-order valence-corrected chi connectivity index (χ4v) is 1.44. The topological polar surface area (TPSA) is 38.3 Å². The Bertz CT molecular complexity index is 373. The first-order chi connectivity index (χ1) is 7.28. The molecule has 15 heavy (non-hydrogen) atoms. The number of hydrogen-bond donors (Lipinski definition) is 1. The normalized spacial score (nSPS) is 19.8. The molecule has 1 saturated heterocycles. The Kier molecular flexibility index (Phi) is 2.72. The van der Waals surface area contributed by atoms with Crippen LogP contribution in [0.4, 0.5) is 0 Å². The molecule has 0 bridgehead atoms. The van der Waals surface area contributed by atoms with Gasteiger partial charge in [0.05, 0.1) is 19.6 Å². The third kappa shape index (κ3) is 2.37. The summed E-state index contributed by atoms with van der Waals surface area (Å²) < 4.78 is 5.06. The van der Waals surface area contributed by atoms with Gasteiger partial charge in [-0.05, 0) is 17.7 Å². The highest BCUT2D eigenvalue weighted by Gasteiger charge is 2.21. The maximum absolute atomic E-state index is 10.6. The van der Waals surface area contributed by atoms with Crippen LogP contribution in [0.25, 0.3) is 6.08 Å². The average Bonchev–Trinajstić information content (AvgIpc) is 2.23. The number of rotatable bonds is 3. The van der Waals surface area contributed by atoms with Crippen LogP contribution < -0.4 is 10.1 Å². The standard InChI is InChI=1S/C12H13NO2/c1-15-11-6-3-9(4-7-11)2-5-10-8-12(14)13-10/h2-7,10H,8H2,1H3,(H,13,14). The number of amides is 1. The van der Waals surface area contributed by atoms with Gasteiger partial charge in [-0.1, -0.05) is 24.3 Å². The van der Waals surface area contributed by atoms with Gasteiger partial charge in [0.25, 0.3) is 0 Å². The van der Waals surface area contributed by atoms with Crippen LogP contribution in [0.15, 0.2) is 30.3 Å². The quantitative estimate of drug-likeness (QED) is 0.758. The number of β-lactam (4-membered cyclic amide) rings is 1. The molecule has 2 rings (SSSR count). The Morgan fingerprint density at radius 1 is 1.40 bits per heavy atom. The van der Waals surface area contributed by atoms with Gasteiger partial charge in [0.2, 0.25) is 5.91 Å². The lowest BCUT2D eigenvalue weighted by molar-refractivity contribution is -0.127. The molecule has 1 aromatic rings. The fourth-order valence-electron chi connectivity index (χ4n) is 1.44. The molecule has 1 aromatic carbocycles. The van der Waals surface area contributed by atoms with Gasteiger partial charge in [-0.25, -0.2) is 0 Å². The lowest BCUT2D eigenvalue weighted by Gasteiger charge is -2.23. The molecule has 0 aliphatic carbocycles.